The van der Waals surface area contributed by atoms with Crippen LogP contribution in [0, 0.1) is 0 Å². The third-order valence-corrected chi connectivity index (χ3v) is 6.10. The number of amides is 2. The van der Waals surface area contributed by atoms with E-state index in [0.717, 1.165) is 16.8 Å². The highest BCUT2D eigenvalue weighted by Gasteiger charge is 2.38. The summed E-state index contributed by atoms with van der Waals surface area (Å²) in [6.45, 7) is 5.62. The van der Waals surface area contributed by atoms with E-state index in [1.54, 1.807) is 31.6 Å². The van der Waals surface area contributed by atoms with E-state index < -0.39 is 0 Å². The van der Waals surface area contributed by atoms with Gasteiger partial charge in [-0.3, -0.25) is 9.59 Å². The molecule has 2 aromatic heterocycles. The van der Waals surface area contributed by atoms with Crippen LogP contribution in [0.25, 0.3) is 0 Å². The second-order valence-corrected chi connectivity index (χ2v) is 9.75. The summed E-state index contributed by atoms with van der Waals surface area (Å²) >= 11 is 0. The maximum atomic E-state index is 13.2. The van der Waals surface area contributed by atoms with Crippen molar-refractivity contribution in [1.29, 1.82) is 0 Å². The Balaban J connectivity index is 1.53. The molecular formula is C27H32N6O3. The minimum atomic E-state index is -0.290. The number of aromatic nitrogens is 2. The van der Waals surface area contributed by atoms with Crippen molar-refractivity contribution in [3.63, 3.8) is 0 Å². The first-order valence-electron chi connectivity index (χ1n) is 11.8. The first-order chi connectivity index (χ1) is 17.2. The van der Waals surface area contributed by atoms with Gasteiger partial charge in [0.2, 0.25) is 11.8 Å². The zero-order valence-electron chi connectivity index (χ0n) is 21.3. The standard InChI is InChI=1S/C27H32N6O3/c1-27(2)17-33(24(34)16-32(3)4)22-14-19(8-9-21(22)27)31-26(35)20-7-6-11-29-25(20)30-15-18-10-12-28-23(13-18)36-5/h6-14H,15-17H2,1-5H3,(H,29,30)(H,31,35). The van der Waals surface area contributed by atoms with Crippen LogP contribution in [-0.2, 0) is 16.8 Å². The number of hydrogen-bond donors (Lipinski definition) is 2. The molecule has 0 aliphatic carbocycles. The van der Waals surface area contributed by atoms with Crippen molar-refractivity contribution in [3.05, 3.63) is 71.5 Å². The number of hydrogen-bond acceptors (Lipinski definition) is 7. The lowest BCUT2D eigenvalue weighted by Gasteiger charge is -2.22. The van der Waals surface area contributed by atoms with Crippen LogP contribution >= 0.6 is 0 Å². The molecule has 9 heteroatoms. The first kappa shape index (κ1) is 25.1. The second-order valence-electron chi connectivity index (χ2n) is 9.75. The predicted octanol–water partition coefficient (Wildman–Crippen LogP) is 3.54. The van der Waals surface area contributed by atoms with E-state index >= 15 is 0 Å². The molecule has 0 saturated heterocycles. The molecule has 3 heterocycles. The van der Waals surface area contributed by atoms with Crippen molar-refractivity contribution in [1.82, 2.24) is 14.9 Å². The van der Waals surface area contributed by atoms with Gasteiger partial charge >= 0.3 is 0 Å². The van der Waals surface area contributed by atoms with Crippen LogP contribution in [0.4, 0.5) is 17.2 Å². The molecule has 0 atom stereocenters. The van der Waals surface area contributed by atoms with Gasteiger partial charge in [0.25, 0.3) is 5.91 Å². The fourth-order valence-electron chi connectivity index (χ4n) is 4.33. The summed E-state index contributed by atoms with van der Waals surface area (Å²) in [4.78, 5) is 38.3. The van der Waals surface area contributed by atoms with E-state index in [1.165, 1.54) is 0 Å². The lowest BCUT2D eigenvalue weighted by molar-refractivity contribution is -0.119. The largest absolute Gasteiger partial charge is 0.481 e. The Morgan fingerprint density at radius 3 is 2.67 bits per heavy atom. The molecule has 4 rings (SSSR count). The molecule has 2 N–H and O–H groups in total. The Labute approximate surface area is 211 Å². The van der Waals surface area contributed by atoms with Crippen molar-refractivity contribution in [2.45, 2.75) is 25.8 Å². The normalized spacial score (nSPS) is 13.9. The Morgan fingerprint density at radius 1 is 1.11 bits per heavy atom. The van der Waals surface area contributed by atoms with E-state index in [-0.39, 0.29) is 17.2 Å². The van der Waals surface area contributed by atoms with Gasteiger partial charge in [-0.05, 0) is 55.6 Å². The first-order valence-corrected chi connectivity index (χ1v) is 11.8. The fourth-order valence-corrected chi connectivity index (χ4v) is 4.33. The van der Waals surface area contributed by atoms with E-state index in [0.29, 0.717) is 42.6 Å². The van der Waals surface area contributed by atoms with Crippen LogP contribution < -0.4 is 20.3 Å². The molecule has 0 unspecified atom stereocenters. The molecule has 0 saturated carbocycles. The predicted molar refractivity (Wildman–Crippen MR) is 141 cm³/mol. The third kappa shape index (κ3) is 5.46. The number of pyridine rings is 2. The third-order valence-electron chi connectivity index (χ3n) is 6.10. The number of anilines is 3. The number of likely N-dealkylation sites (N-methyl/N-ethyl adjacent to an activating group) is 1. The van der Waals surface area contributed by atoms with Crippen LogP contribution in [0.5, 0.6) is 5.88 Å². The number of methoxy groups -OCH3 is 1. The molecule has 0 spiro atoms. The zero-order chi connectivity index (χ0) is 25.9. The fraction of sp³-hybridized carbons (Fsp3) is 0.333. The Morgan fingerprint density at radius 2 is 1.92 bits per heavy atom. The number of fused-ring (bicyclic) bond motifs is 1. The van der Waals surface area contributed by atoms with Gasteiger partial charge < -0.3 is 25.2 Å². The van der Waals surface area contributed by atoms with Gasteiger partial charge in [0.05, 0.1) is 19.2 Å². The van der Waals surface area contributed by atoms with Gasteiger partial charge in [0.1, 0.15) is 5.82 Å². The summed E-state index contributed by atoms with van der Waals surface area (Å²) in [5, 5.41) is 6.20. The van der Waals surface area contributed by atoms with Gasteiger partial charge in [-0.15, -0.1) is 0 Å². The number of carbonyl (C=O) groups excluding carboxylic acids is 2. The van der Waals surface area contributed by atoms with Crippen molar-refractivity contribution >= 4 is 29.0 Å². The molecule has 1 aliphatic heterocycles. The molecule has 0 radical (unpaired) electrons. The van der Waals surface area contributed by atoms with Crippen LogP contribution in [0.15, 0.2) is 54.9 Å². The minimum Gasteiger partial charge on any atom is -0.481 e. The lowest BCUT2D eigenvalue weighted by atomic mass is 9.87. The van der Waals surface area contributed by atoms with Gasteiger partial charge in [0, 0.05) is 48.3 Å². The molecular weight excluding hydrogens is 456 g/mol. The van der Waals surface area contributed by atoms with Crippen LogP contribution in [0.3, 0.4) is 0 Å². The maximum absolute atomic E-state index is 13.2. The number of rotatable bonds is 8. The zero-order valence-corrected chi connectivity index (χ0v) is 21.3. The number of benzene rings is 1. The SMILES string of the molecule is COc1cc(CNc2ncccc2C(=O)Nc2ccc3c(c2)N(C(=O)CN(C)C)CC3(C)C)ccn1. The molecule has 3 aromatic rings. The highest BCUT2D eigenvalue weighted by molar-refractivity contribution is 6.08. The molecule has 2 amide bonds. The van der Waals surface area contributed by atoms with Crippen molar-refractivity contribution in [3.8, 4) is 5.88 Å². The quantitative estimate of drug-likeness (QED) is 0.500. The Bertz CT molecular complexity index is 1270. The maximum Gasteiger partial charge on any atom is 0.259 e. The van der Waals surface area contributed by atoms with E-state index in [9.17, 15) is 9.59 Å². The van der Waals surface area contributed by atoms with Crippen LogP contribution in [0.2, 0.25) is 0 Å². The summed E-state index contributed by atoms with van der Waals surface area (Å²) in [5.41, 5.74) is 3.73. The minimum absolute atomic E-state index is 0.0294. The second kappa shape index (κ2) is 10.3. The number of nitrogens with zero attached hydrogens (tertiary/aromatic N) is 4. The highest BCUT2D eigenvalue weighted by atomic mass is 16.5. The van der Waals surface area contributed by atoms with Gasteiger partial charge in [-0.1, -0.05) is 19.9 Å². The molecule has 1 aromatic carbocycles. The Kier molecular flexibility index (Phi) is 7.21. The summed E-state index contributed by atoms with van der Waals surface area (Å²) < 4.78 is 5.18. The average Bonchev–Trinajstić information content (AvgIpc) is 3.12. The topological polar surface area (TPSA) is 99.7 Å². The summed E-state index contributed by atoms with van der Waals surface area (Å²) in [7, 11) is 5.32. The molecule has 188 valence electrons. The van der Waals surface area contributed by atoms with Crippen molar-refractivity contribution < 1.29 is 14.3 Å². The van der Waals surface area contributed by atoms with Gasteiger partial charge in [0.15, 0.2) is 0 Å². The van der Waals surface area contributed by atoms with E-state index in [1.807, 2.05) is 54.2 Å². The summed E-state index contributed by atoms with van der Waals surface area (Å²) in [5.74, 6) is 0.727. The number of ether oxygens (including phenoxy) is 1. The summed E-state index contributed by atoms with van der Waals surface area (Å²) in [6, 6.07) is 12.9. The van der Waals surface area contributed by atoms with Crippen molar-refractivity contribution in [2.75, 3.05) is 49.8 Å². The Hall–Kier alpha value is -3.98. The summed E-state index contributed by atoms with van der Waals surface area (Å²) in [6.07, 6.45) is 3.31. The molecule has 36 heavy (non-hydrogen) atoms. The average molecular weight is 489 g/mol. The highest BCUT2D eigenvalue weighted by Crippen LogP contribution is 2.42. The lowest BCUT2D eigenvalue weighted by Crippen LogP contribution is -2.39. The van der Waals surface area contributed by atoms with Crippen LogP contribution in [-0.4, -0.2) is 61.0 Å². The smallest absolute Gasteiger partial charge is 0.259 e. The molecule has 9 nitrogen and oxygen atoms in total. The van der Waals surface area contributed by atoms with E-state index in [2.05, 4.69) is 34.4 Å². The molecule has 1 aliphatic rings. The monoisotopic (exact) mass is 488 g/mol. The molecule has 0 bridgehead atoms. The van der Waals surface area contributed by atoms with Gasteiger partial charge in [-0.2, -0.15) is 0 Å². The van der Waals surface area contributed by atoms with Crippen molar-refractivity contribution in [2.24, 2.45) is 0 Å². The number of carbonyl (C=O) groups is 2. The van der Waals surface area contributed by atoms with Crippen LogP contribution in [0.1, 0.15) is 35.3 Å². The van der Waals surface area contributed by atoms with E-state index in [4.69, 9.17) is 4.74 Å². The molecule has 0 fully saturated rings. The van der Waals surface area contributed by atoms with Gasteiger partial charge in [-0.25, -0.2) is 9.97 Å². The number of nitrogens with one attached hydrogen (secondary N) is 2.